The molecule has 0 saturated heterocycles. The number of rotatable bonds is 6. The molecule has 3 aromatic carbocycles. The number of hydrogen-bond donors (Lipinski definition) is 2. The summed E-state index contributed by atoms with van der Waals surface area (Å²) in [6.45, 7) is 1.97. The van der Waals surface area contributed by atoms with Crippen LogP contribution in [0.3, 0.4) is 0 Å². The first kappa shape index (κ1) is 20.4. The molecule has 0 heterocycles. The summed E-state index contributed by atoms with van der Waals surface area (Å²) in [5, 5.41) is 6.04. The van der Waals surface area contributed by atoms with Crippen molar-refractivity contribution in [2.75, 3.05) is 5.32 Å². The Kier molecular flexibility index (Phi) is 6.00. The number of anilines is 1. The van der Waals surface area contributed by atoms with Crippen molar-refractivity contribution in [2.24, 2.45) is 5.92 Å². The van der Waals surface area contributed by atoms with Gasteiger partial charge in [-0.1, -0.05) is 58.4 Å². The number of amides is 2. The van der Waals surface area contributed by atoms with Gasteiger partial charge in [0.05, 0.1) is 6.04 Å². The van der Waals surface area contributed by atoms with Gasteiger partial charge in [0.15, 0.2) is 0 Å². The van der Waals surface area contributed by atoms with Gasteiger partial charge in [0.25, 0.3) is 5.91 Å². The lowest BCUT2D eigenvalue weighted by Crippen LogP contribution is -2.28. The Hall–Kier alpha value is -2.92. The normalized spacial score (nSPS) is 18.3. The third kappa shape index (κ3) is 4.79. The maximum Gasteiger partial charge on any atom is 0.255 e. The zero-order valence-electron chi connectivity index (χ0n) is 16.6. The molecule has 1 aliphatic carbocycles. The van der Waals surface area contributed by atoms with Gasteiger partial charge in [-0.05, 0) is 66.8 Å². The van der Waals surface area contributed by atoms with E-state index >= 15 is 0 Å². The molecule has 0 spiro atoms. The molecule has 30 heavy (non-hydrogen) atoms. The Morgan fingerprint density at radius 3 is 2.43 bits per heavy atom. The molecule has 0 aliphatic heterocycles. The first-order chi connectivity index (χ1) is 14.5. The highest BCUT2D eigenvalue weighted by molar-refractivity contribution is 9.10. The van der Waals surface area contributed by atoms with Crippen molar-refractivity contribution in [3.8, 4) is 0 Å². The highest BCUT2D eigenvalue weighted by Crippen LogP contribution is 2.48. The summed E-state index contributed by atoms with van der Waals surface area (Å²) in [6.07, 6.45) is 0.882. The first-order valence-corrected chi connectivity index (χ1v) is 10.8. The van der Waals surface area contributed by atoms with E-state index in [0.717, 1.165) is 16.5 Å². The molecular weight excluding hydrogens is 440 g/mol. The largest absolute Gasteiger partial charge is 0.349 e. The predicted octanol–water partition coefficient (Wildman–Crippen LogP) is 5.68. The molecule has 152 valence electrons. The molecular formula is C25H23BrN2O2. The fourth-order valence-electron chi connectivity index (χ4n) is 3.65. The lowest BCUT2D eigenvalue weighted by molar-refractivity contribution is -0.123. The molecule has 0 bridgehead atoms. The van der Waals surface area contributed by atoms with E-state index in [-0.39, 0.29) is 23.8 Å². The van der Waals surface area contributed by atoms with Crippen molar-refractivity contribution in [3.63, 3.8) is 0 Å². The van der Waals surface area contributed by atoms with Gasteiger partial charge in [-0.15, -0.1) is 0 Å². The quantitative estimate of drug-likeness (QED) is 0.494. The summed E-state index contributed by atoms with van der Waals surface area (Å²) in [7, 11) is 0. The molecule has 3 aromatic rings. The van der Waals surface area contributed by atoms with E-state index in [0.29, 0.717) is 17.2 Å². The van der Waals surface area contributed by atoms with E-state index in [2.05, 4.69) is 38.7 Å². The van der Waals surface area contributed by atoms with E-state index in [9.17, 15) is 9.59 Å². The fraction of sp³-hybridized carbons (Fsp3) is 0.200. The maximum absolute atomic E-state index is 12.7. The standard InChI is InChI=1S/C25H23BrN2O2/c1-16(27-25(30)23-15-22(23)17-10-12-20(26)13-11-17)19-8-5-9-21(14-19)28-24(29)18-6-3-2-4-7-18/h2-14,16,22-23H,15H2,1H3,(H,27,30)(H,28,29). The number of halogens is 1. The van der Waals surface area contributed by atoms with Crippen LogP contribution >= 0.6 is 15.9 Å². The fourth-order valence-corrected chi connectivity index (χ4v) is 3.91. The summed E-state index contributed by atoms with van der Waals surface area (Å²) in [6, 6.07) is 24.7. The Morgan fingerprint density at radius 2 is 1.70 bits per heavy atom. The van der Waals surface area contributed by atoms with E-state index < -0.39 is 0 Å². The van der Waals surface area contributed by atoms with Gasteiger partial charge < -0.3 is 10.6 Å². The van der Waals surface area contributed by atoms with Crippen molar-refractivity contribution < 1.29 is 9.59 Å². The van der Waals surface area contributed by atoms with Crippen LogP contribution in [0, 0.1) is 5.92 Å². The van der Waals surface area contributed by atoms with Crippen LogP contribution in [-0.4, -0.2) is 11.8 Å². The molecule has 1 aliphatic rings. The summed E-state index contributed by atoms with van der Waals surface area (Å²) >= 11 is 3.45. The topological polar surface area (TPSA) is 58.2 Å². The van der Waals surface area contributed by atoms with Crippen LogP contribution < -0.4 is 10.6 Å². The maximum atomic E-state index is 12.7. The lowest BCUT2D eigenvalue weighted by Gasteiger charge is -2.16. The third-order valence-electron chi connectivity index (χ3n) is 5.46. The van der Waals surface area contributed by atoms with Gasteiger partial charge in [0.1, 0.15) is 0 Å². The van der Waals surface area contributed by atoms with Crippen molar-refractivity contribution in [3.05, 3.63) is 100 Å². The minimum atomic E-state index is -0.153. The van der Waals surface area contributed by atoms with Gasteiger partial charge in [-0.3, -0.25) is 9.59 Å². The van der Waals surface area contributed by atoms with Crippen LogP contribution in [0.25, 0.3) is 0 Å². The average Bonchev–Trinajstić information content (AvgIpc) is 3.56. The molecule has 1 fully saturated rings. The summed E-state index contributed by atoms with van der Waals surface area (Å²) in [5.74, 6) is 0.241. The molecule has 1 saturated carbocycles. The van der Waals surface area contributed by atoms with Crippen molar-refractivity contribution in [2.45, 2.75) is 25.3 Å². The number of benzene rings is 3. The van der Waals surface area contributed by atoms with E-state index in [1.165, 1.54) is 5.56 Å². The second-order valence-corrected chi connectivity index (χ2v) is 8.59. The molecule has 2 N–H and O–H groups in total. The van der Waals surface area contributed by atoms with Gasteiger partial charge >= 0.3 is 0 Å². The minimum absolute atomic E-state index is 0.0228. The number of nitrogens with one attached hydrogen (secondary N) is 2. The first-order valence-electron chi connectivity index (χ1n) is 10.0. The molecule has 4 rings (SSSR count). The zero-order valence-corrected chi connectivity index (χ0v) is 18.2. The third-order valence-corrected chi connectivity index (χ3v) is 5.99. The van der Waals surface area contributed by atoms with Crippen LogP contribution in [0.5, 0.6) is 0 Å². The van der Waals surface area contributed by atoms with Crippen molar-refractivity contribution >= 4 is 33.4 Å². The molecule has 3 unspecified atom stereocenters. The van der Waals surface area contributed by atoms with Crippen molar-refractivity contribution in [1.29, 1.82) is 0 Å². The van der Waals surface area contributed by atoms with Crippen LogP contribution in [0.15, 0.2) is 83.3 Å². The Labute approximate surface area is 184 Å². The SMILES string of the molecule is CC(NC(=O)C1CC1c1ccc(Br)cc1)c1cccc(NC(=O)c2ccccc2)c1. The van der Waals surface area contributed by atoms with E-state index in [4.69, 9.17) is 0 Å². The van der Waals surface area contributed by atoms with Crippen LogP contribution in [-0.2, 0) is 4.79 Å². The van der Waals surface area contributed by atoms with Crippen LogP contribution in [0.1, 0.15) is 46.8 Å². The summed E-state index contributed by atoms with van der Waals surface area (Å²) < 4.78 is 1.04. The number of carbonyl (C=O) groups excluding carboxylic acids is 2. The Bertz CT molecular complexity index is 1050. The second kappa shape index (κ2) is 8.84. The van der Waals surface area contributed by atoms with Crippen LogP contribution in [0.2, 0.25) is 0 Å². The zero-order chi connectivity index (χ0) is 21.1. The van der Waals surface area contributed by atoms with Gasteiger partial charge in [-0.2, -0.15) is 0 Å². The predicted molar refractivity (Wildman–Crippen MR) is 122 cm³/mol. The highest BCUT2D eigenvalue weighted by atomic mass is 79.9. The van der Waals surface area contributed by atoms with Crippen molar-refractivity contribution in [1.82, 2.24) is 5.32 Å². The van der Waals surface area contributed by atoms with E-state index in [1.807, 2.05) is 61.5 Å². The van der Waals surface area contributed by atoms with Crippen LogP contribution in [0.4, 0.5) is 5.69 Å². The molecule has 2 amide bonds. The second-order valence-electron chi connectivity index (χ2n) is 7.68. The smallest absolute Gasteiger partial charge is 0.255 e. The molecule has 5 heteroatoms. The number of carbonyl (C=O) groups is 2. The van der Waals surface area contributed by atoms with Gasteiger partial charge in [0, 0.05) is 21.6 Å². The summed E-state index contributed by atoms with van der Waals surface area (Å²) in [5.41, 5.74) is 3.48. The lowest BCUT2D eigenvalue weighted by atomic mass is 10.1. The van der Waals surface area contributed by atoms with E-state index in [1.54, 1.807) is 12.1 Å². The monoisotopic (exact) mass is 462 g/mol. The molecule has 0 radical (unpaired) electrons. The molecule has 4 nitrogen and oxygen atoms in total. The van der Waals surface area contributed by atoms with Gasteiger partial charge in [-0.25, -0.2) is 0 Å². The summed E-state index contributed by atoms with van der Waals surface area (Å²) in [4.78, 5) is 25.1. The van der Waals surface area contributed by atoms with Gasteiger partial charge in [0.2, 0.25) is 5.91 Å². The highest BCUT2D eigenvalue weighted by Gasteiger charge is 2.44. The minimum Gasteiger partial charge on any atom is -0.349 e. The molecule has 0 aromatic heterocycles. The Balaban J connectivity index is 1.36. The molecule has 3 atom stereocenters. The Morgan fingerprint density at radius 1 is 0.967 bits per heavy atom. The average molecular weight is 463 g/mol. The number of hydrogen-bond acceptors (Lipinski definition) is 2.